The van der Waals surface area contributed by atoms with Gasteiger partial charge in [-0.1, -0.05) is 11.6 Å². The standard InChI is InChI=1S/C9H6Cl2N4OS/c10-5-3-6(15-9(11)13-5)14-8(16)7-4(12)1-2-17-7/h1-3H,12H2,(H,13,14,15,16). The van der Waals surface area contributed by atoms with Crippen LogP contribution in [0.3, 0.4) is 0 Å². The molecule has 2 aromatic rings. The fraction of sp³-hybridized carbons (Fsp3) is 0. The van der Waals surface area contributed by atoms with Crippen LogP contribution in [0.15, 0.2) is 17.5 Å². The summed E-state index contributed by atoms with van der Waals surface area (Å²) in [6, 6.07) is 3.05. The zero-order chi connectivity index (χ0) is 12.4. The van der Waals surface area contributed by atoms with Gasteiger partial charge in [-0.3, -0.25) is 4.79 Å². The summed E-state index contributed by atoms with van der Waals surface area (Å²) < 4.78 is 0. The van der Waals surface area contributed by atoms with Gasteiger partial charge >= 0.3 is 0 Å². The summed E-state index contributed by atoms with van der Waals surface area (Å²) in [5.74, 6) is -0.129. The Morgan fingerprint density at radius 1 is 1.41 bits per heavy atom. The second-order valence-electron chi connectivity index (χ2n) is 3.00. The molecule has 2 rings (SSSR count). The Kier molecular flexibility index (Phi) is 3.46. The summed E-state index contributed by atoms with van der Waals surface area (Å²) >= 11 is 12.5. The molecule has 3 N–H and O–H groups in total. The highest BCUT2D eigenvalue weighted by molar-refractivity contribution is 7.12. The summed E-state index contributed by atoms with van der Waals surface area (Å²) in [5.41, 5.74) is 6.04. The number of rotatable bonds is 2. The number of hydrogen-bond donors (Lipinski definition) is 2. The third-order valence-corrected chi connectivity index (χ3v) is 3.10. The molecular formula is C9H6Cl2N4OS. The van der Waals surface area contributed by atoms with Crippen molar-refractivity contribution in [3.63, 3.8) is 0 Å². The summed E-state index contributed by atoms with van der Waals surface area (Å²) in [6.07, 6.45) is 0. The van der Waals surface area contributed by atoms with E-state index < -0.39 is 0 Å². The molecule has 0 saturated heterocycles. The largest absolute Gasteiger partial charge is 0.397 e. The van der Waals surface area contributed by atoms with E-state index in [9.17, 15) is 4.79 Å². The molecule has 2 heterocycles. The van der Waals surface area contributed by atoms with Gasteiger partial charge in [0.15, 0.2) is 0 Å². The molecular weight excluding hydrogens is 283 g/mol. The average Bonchev–Trinajstić information content (AvgIpc) is 2.62. The average molecular weight is 289 g/mol. The van der Waals surface area contributed by atoms with Crippen LogP contribution in [-0.4, -0.2) is 15.9 Å². The van der Waals surface area contributed by atoms with E-state index in [-0.39, 0.29) is 22.2 Å². The van der Waals surface area contributed by atoms with Crippen molar-refractivity contribution in [3.05, 3.63) is 32.8 Å². The van der Waals surface area contributed by atoms with Gasteiger partial charge in [0.1, 0.15) is 15.8 Å². The first-order chi connectivity index (χ1) is 8.06. The Morgan fingerprint density at radius 3 is 2.76 bits per heavy atom. The third kappa shape index (κ3) is 2.85. The minimum Gasteiger partial charge on any atom is -0.397 e. The number of anilines is 2. The number of hydrogen-bond acceptors (Lipinski definition) is 5. The van der Waals surface area contributed by atoms with Gasteiger partial charge in [0, 0.05) is 6.07 Å². The van der Waals surface area contributed by atoms with Gasteiger partial charge in [0.25, 0.3) is 5.91 Å². The lowest BCUT2D eigenvalue weighted by molar-refractivity contribution is 0.103. The van der Waals surface area contributed by atoms with Crippen molar-refractivity contribution in [3.8, 4) is 0 Å². The zero-order valence-corrected chi connectivity index (χ0v) is 10.6. The van der Waals surface area contributed by atoms with Gasteiger partial charge < -0.3 is 11.1 Å². The van der Waals surface area contributed by atoms with Gasteiger partial charge in [0.05, 0.1) is 5.69 Å². The predicted molar refractivity (Wildman–Crippen MR) is 68.7 cm³/mol. The van der Waals surface area contributed by atoms with Crippen molar-refractivity contribution in [2.24, 2.45) is 0 Å². The van der Waals surface area contributed by atoms with Gasteiger partial charge in [-0.05, 0) is 23.0 Å². The van der Waals surface area contributed by atoms with E-state index in [2.05, 4.69) is 15.3 Å². The van der Waals surface area contributed by atoms with E-state index in [4.69, 9.17) is 28.9 Å². The molecule has 0 radical (unpaired) electrons. The lowest BCUT2D eigenvalue weighted by atomic mass is 10.4. The zero-order valence-electron chi connectivity index (χ0n) is 8.28. The van der Waals surface area contributed by atoms with Crippen molar-refractivity contribution >= 4 is 52.0 Å². The molecule has 2 aromatic heterocycles. The van der Waals surface area contributed by atoms with Crippen LogP contribution in [0, 0.1) is 0 Å². The van der Waals surface area contributed by atoms with E-state index in [1.165, 1.54) is 17.4 Å². The van der Waals surface area contributed by atoms with Gasteiger partial charge in [0.2, 0.25) is 5.28 Å². The molecule has 1 amide bonds. The first-order valence-corrected chi connectivity index (χ1v) is 6.04. The van der Waals surface area contributed by atoms with Crippen molar-refractivity contribution < 1.29 is 4.79 Å². The summed E-state index contributed by atoms with van der Waals surface area (Å²) in [5, 5.41) is 4.38. The smallest absolute Gasteiger partial charge is 0.269 e. The third-order valence-electron chi connectivity index (χ3n) is 1.81. The van der Waals surface area contributed by atoms with E-state index in [0.29, 0.717) is 10.6 Å². The first-order valence-electron chi connectivity index (χ1n) is 4.40. The lowest BCUT2D eigenvalue weighted by Gasteiger charge is -2.03. The minimum absolute atomic E-state index is 0.0352. The van der Waals surface area contributed by atoms with Gasteiger partial charge in [-0.25, -0.2) is 9.97 Å². The maximum absolute atomic E-state index is 11.8. The molecule has 0 aliphatic rings. The first kappa shape index (κ1) is 12.1. The summed E-state index contributed by atoms with van der Waals surface area (Å²) in [6.45, 7) is 0. The number of halogens is 2. The Morgan fingerprint density at radius 2 is 2.18 bits per heavy atom. The number of aromatic nitrogens is 2. The van der Waals surface area contributed by atoms with Crippen LogP contribution < -0.4 is 11.1 Å². The molecule has 88 valence electrons. The molecule has 0 saturated carbocycles. The summed E-state index contributed by atoms with van der Waals surface area (Å²) in [7, 11) is 0. The highest BCUT2D eigenvalue weighted by Crippen LogP contribution is 2.21. The Bertz CT molecular complexity index is 552. The molecule has 8 heteroatoms. The van der Waals surface area contributed by atoms with Crippen LogP contribution in [0.5, 0.6) is 0 Å². The molecule has 0 spiro atoms. The van der Waals surface area contributed by atoms with Crippen molar-refractivity contribution in [1.29, 1.82) is 0 Å². The van der Waals surface area contributed by atoms with Crippen LogP contribution in [-0.2, 0) is 0 Å². The van der Waals surface area contributed by atoms with Crippen LogP contribution >= 0.6 is 34.5 Å². The second-order valence-corrected chi connectivity index (χ2v) is 4.65. The van der Waals surface area contributed by atoms with E-state index >= 15 is 0 Å². The number of nitrogens with zero attached hydrogens (tertiary/aromatic N) is 2. The van der Waals surface area contributed by atoms with Crippen molar-refractivity contribution in [2.45, 2.75) is 0 Å². The van der Waals surface area contributed by atoms with Crippen LogP contribution in [0.4, 0.5) is 11.5 Å². The lowest BCUT2D eigenvalue weighted by Crippen LogP contribution is -2.13. The van der Waals surface area contributed by atoms with E-state index in [1.54, 1.807) is 11.4 Å². The van der Waals surface area contributed by atoms with Gasteiger partial charge in [-0.15, -0.1) is 11.3 Å². The molecule has 0 atom stereocenters. The van der Waals surface area contributed by atoms with E-state index in [1.807, 2.05) is 0 Å². The molecule has 0 aliphatic carbocycles. The molecule has 0 aromatic carbocycles. The van der Waals surface area contributed by atoms with Crippen molar-refractivity contribution in [2.75, 3.05) is 11.1 Å². The number of nitrogen functional groups attached to an aromatic ring is 1. The molecule has 0 bridgehead atoms. The quantitative estimate of drug-likeness (QED) is 0.658. The predicted octanol–water partition coefficient (Wildman–Crippen LogP) is 2.68. The number of nitrogens with two attached hydrogens (primary N) is 1. The molecule has 0 unspecified atom stereocenters. The molecule has 0 aliphatic heterocycles. The SMILES string of the molecule is Nc1ccsc1C(=O)Nc1cc(Cl)nc(Cl)n1. The van der Waals surface area contributed by atoms with Crippen molar-refractivity contribution in [1.82, 2.24) is 9.97 Å². The molecule has 5 nitrogen and oxygen atoms in total. The number of thiophene rings is 1. The normalized spacial score (nSPS) is 10.2. The second kappa shape index (κ2) is 4.87. The Labute approximate surface area is 111 Å². The van der Waals surface area contributed by atoms with Crippen LogP contribution in [0.2, 0.25) is 10.4 Å². The fourth-order valence-electron chi connectivity index (χ4n) is 1.13. The molecule has 17 heavy (non-hydrogen) atoms. The highest BCUT2D eigenvalue weighted by Gasteiger charge is 2.12. The van der Waals surface area contributed by atoms with Gasteiger partial charge in [-0.2, -0.15) is 0 Å². The maximum Gasteiger partial charge on any atom is 0.269 e. The highest BCUT2D eigenvalue weighted by atomic mass is 35.5. The Hall–Kier alpha value is -1.37. The topological polar surface area (TPSA) is 80.9 Å². The molecule has 0 fully saturated rings. The number of nitrogens with one attached hydrogen (secondary N) is 1. The number of carbonyl (C=O) groups is 1. The van der Waals surface area contributed by atoms with Crippen LogP contribution in [0.1, 0.15) is 9.67 Å². The maximum atomic E-state index is 11.8. The van der Waals surface area contributed by atoms with Crippen LogP contribution in [0.25, 0.3) is 0 Å². The fourth-order valence-corrected chi connectivity index (χ4v) is 2.25. The number of amides is 1. The summed E-state index contributed by atoms with van der Waals surface area (Å²) in [4.78, 5) is 19.7. The monoisotopic (exact) mass is 288 g/mol. The number of carbonyl (C=O) groups excluding carboxylic acids is 1. The Balaban J connectivity index is 2.21. The van der Waals surface area contributed by atoms with E-state index in [0.717, 1.165) is 0 Å². The minimum atomic E-state index is -0.358.